The molecular weight excluding hydrogens is 300 g/mol. The van der Waals surface area contributed by atoms with Gasteiger partial charge in [-0.2, -0.15) is 0 Å². The third-order valence-corrected chi connectivity index (χ3v) is 5.45. The zero-order chi connectivity index (χ0) is 17.1. The van der Waals surface area contributed by atoms with Crippen LogP contribution in [0.5, 0.6) is 0 Å². The molecule has 0 aromatic heterocycles. The monoisotopic (exact) mass is 330 g/mol. The van der Waals surface area contributed by atoms with Crippen molar-refractivity contribution in [2.45, 2.75) is 70.6 Å². The molecule has 1 saturated heterocycles. The smallest absolute Gasteiger partial charge is 0.254 e. The molecule has 0 bridgehead atoms. The highest BCUT2D eigenvalue weighted by molar-refractivity contribution is 5.95. The van der Waals surface area contributed by atoms with Crippen LogP contribution < -0.4 is 4.90 Å². The highest BCUT2D eigenvalue weighted by atomic mass is 16.3. The molecule has 0 spiro atoms. The zero-order valence-corrected chi connectivity index (χ0v) is 14.9. The van der Waals surface area contributed by atoms with Crippen molar-refractivity contribution in [3.63, 3.8) is 0 Å². The molecule has 1 heterocycles. The van der Waals surface area contributed by atoms with Crippen LogP contribution in [0, 0.1) is 0 Å². The SMILES string of the molecule is CC(C)N(C(=O)c1ccc(N2CCC(O)CC2)cc1)C1CCCC1. The molecule has 132 valence electrons. The number of hydrogen-bond acceptors (Lipinski definition) is 3. The number of carbonyl (C=O) groups is 1. The van der Waals surface area contributed by atoms with E-state index in [1.165, 1.54) is 12.8 Å². The van der Waals surface area contributed by atoms with Gasteiger partial charge in [0, 0.05) is 36.4 Å². The summed E-state index contributed by atoms with van der Waals surface area (Å²) in [5, 5.41) is 9.63. The molecule has 1 aliphatic heterocycles. The molecule has 1 aromatic rings. The van der Waals surface area contributed by atoms with Crippen LogP contribution in [-0.4, -0.2) is 47.2 Å². The van der Waals surface area contributed by atoms with Crippen molar-refractivity contribution in [3.8, 4) is 0 Å². The second-order valence-electron chi connectivity index (χ2n) is 7.51. The summed E-state index contributed by atoms with van der Waals surface area (Å²) in [5.41, 5.74) is 1.94. The third-order valence-electron chi connectivity index (χ3n) is 5.45. The zero-order valence-electron chi connectivity index (χ0n) is 14.9. The minimum atomic E-state index is -0.159. The Morgan fingerprint density at radius 3 is 2.21 bits per heavy atom. The van der Waals surface area contributed by atoms with Gasteiger partial charge in [-0.1, -0.05) is 12.8 Å². The van der Waals surface area contributed by atoms with Gasteiger partial charge in [-0.15, -0.1) is 0 Å². The Kier molecular flexibility index (Phi) is 5.44. The van der Waals surface area contributed by atoms with Crippen molar-refractivity contribution >= 4 is 11.6 Å². The highest BCUT2D eigenvalue weighted by Gasteiger charge is 2.29. The molecule has 2 fully saturated rings. The van der Waals surface area contributed by atoms with Gasteiger partial charge in [0.05, 0.1) is 6.10 Å². The van der Waals surface area contributed by atoms with Gasteiger partial charge < -0.3 is 14.9 Å². The van der Waals surface area contributed by atoms with Crippen molar-refractivity contribution in [3.05, 3.63) is 29.8 Å². The molecule has 4 heteroatoms. The molecule has 1 aliphatic carbocycles. The van der Waals surface area contributed by atoms with E-state index in [4.69, 9.17) is 0 Å². The number of anilines is 1. The van der Waals surface area contributed by atoms with E-state index >= 15 is 0 Å². The highest BCUT2D eigenvalue weighted by Crippen LogP contribution is 2.27. The van der Waals surface area contributed by atoms with E-state index in [2.05, 4.69) is 35.8 Å². The molecule has 2 aliphatic rings. The first-order valence-corrected chi connectivity index (χ1v) is 9.42. The number of piperidine rings is 1. The molecule has 1 amide bonds. The predicted molar refractivity (Wildman–Crippen MR) is 97.5 cm³/mol. The Labute approximate surface area is 145 Å². The van der Waals surface area contributed by atoms with Crippen LogP contribution in [0.1, 0.15) is 62.7 Å². The van der Waals surface area contributed by atoms with Crippen LogP contribution in [0.3, 0.4) is 0 Å². The molecule has 4 nitrogen and oxygen atoms in total. The van der Waals surface area contributed by atoms with Crippen molar-refractivity contribution in [1.82, 2.24) is 4.90 Å². The molecule has 1 saturated carbocycles. The fourth-order valence-electron chi connectivity index (χ4n) is 4.09. The van der Waals surface area contributed by atoms with E-state index in [1.54, 1.807) is 0 Å². The quantitative estimate of drug-likeness (QED) is 0.920. The fraction of sp³-hybridized carbons (Fsp3) is 0.650. The normalized spacial score (nSPS) is 19.9. The number of aliphatic hydroxyl groups excluding tert-OH is 1. The summed E-state index contributed by atoms with van der Waals surface area (Å²) >= 11 is 0. The number of nitrogens with zero attached hydrogens (tertiary/aromatic N) is 2. The van der Waals surface area contributed by atoms with Gasteiger partial charge in [0.25, 0.3) is 5.91 Å². The molecule has 3 rings (SSSR count). The fourth-order valence-corrected chi connectivity index (χ4v) is 4.09. The van der Waals surface area contributed by atoms with Crippen molar-refractivity contribution in [1.29, 1.82) is 0 Å². The lowest BCUT2D eigenvalue weighted by molar-refractivity contribution is 0.0613. The van der Waals surface area contributed by atoms with E-state index in [1.807, 2.05) is 12.1 Å². The predicted octanol–water partition coefficient (Wildman–Crippen LogP) is 3.44. The minimum absolute atomic E-state index is 0.159. The Morgan fingerprint density at radius 2 is 1.67 bits per heavy atom. The van der Waals surface area contributed by atoms with Gasteiger partial charge in [-0.3, -0.25) is 4.79 Å². The summed E-state index contributed by atoms with van der Waals surface area (Å²) in [6, 6.07) is 8.68. The Bertz CT molecular complexity index is 541. The maximum atomic E-state index is 13.0. The van der Waals surface area contributed by atoms with Crippen molar-refractivity contribution < 1.29 is 9.90 Å². The van der Waals surface area contributed by atoms with E-state index in [9.17, 15) is 9.90 Å². The third kappa shape index (κ3) is 3.75. The van der Waals surface area contributed by atoms with E-state index in [0.29, 0.717) is 6.04 Å². The van der Waals surface area contributed by atoms with Crippen LogP contribution in [0.2, 0.25) is 0 Å². The average molecular weight is 330 g/mol. The number of hydrogen-bond donors (Lipinski definition) is 1. The summed E-state index contributed by atoms with van der Waals surface area (Å²) in [5.74, 6) is 0.164. The van der Waals surface area contributed by atoms with Crippen molar-refractivity contribution in [2.75, 3.05) is 18.0 Å². The van der Waals surface area contributed by atoms with Gasteiger partial charge in [0.1, 0.15) is 0 Å². The minimum Gasteiger partial charge on any atom is -0.393 e. The number of carbonyl (C=O) groups excluding carboxylic acids is 1. The standard InChI is InChI=1S/C20H30N2O2/c1-15(2)22(18-5-3-4-6-18)20(24)16-7-9-17(10-8-16)21-13-11-19(23)12-14-21/h7-10,15,18-19,23H,3-6,11-14H2,1-2H3. The summed E-state index contributed by atoms with van der Waals surface area (Å²) < 4.78 is 0. The Morgan fingerprint density at radius 1 is 1.08 bits per heavy atom. The molecule has 1 N–H and O–H groups in total. The number of benzene rings is 1. The topological polar surface area (TPSA) is 43.8 Å². The second kappa shape index (κ2) is 7.56. The summed E-state index contributed by atoms with van der Waals surface area (Å²) in [4.78, 5) is 17.4. The Hall–Kier alpha value is -1.55. The molecule has 0 unspecified atom stereocenters. The first-order valence-electron chi connectivity index (χ1n) is 9.42. The van der Waals surface area contributed by atoms with E-state index in [-0.39, 0.29) is 18.1 Å². The second-order valence-corrected chi connectivity index (χ2v) is 7.51. The first kappa shape index (κ1) is 17.3. The summed E-state index contributed by atoms with van der Waals surface area (Å²) in [6.45, 7) is 6.00. The van der Waals surface area contributed by atoms with E-state index in [0.717, 1.165) is 50.0 Å². The van der Waals surface area contributed by atoms with E-state index < -0.39 is 0 Å². The lowest BCUT2D eigenvalue weighted by atomic mass is 10.1. The molecule has 0 radical (unpaired) electrons. The van der Waals surface area contributed by atoms with Crippen molar-refractivity contribution in [2.24, 2.45) is 0 Å². The number of aliphatic hydroxyl groups is 1. The molecular formula is C20H30N2O2. The van der Waals surface area contributed by atoms with Gasteiger partial charge in [0.15, 0.2) is 0 Å². The largest absolute Gasteiger partial charge is 0.393 e. The van der Waals surface area contributed by atoms with Gasteiger partial charge in [-0.25, -0.2) is 0 Å². The Balaban J connectivity index is 1.70. The maximum Gasteiger partial charge on any atom is 0.254 e. The summed E-state index contributed by atoms with van der Waals surface area (Å²) in [6.07, 6.45) is 6.23. The molecule has 24 heavy (non-hydrogen) atoms. The van der Waals surface area contributed by atoms with Gasteiger partial charge in [0.2, 0.25) is 0 Å². The van der Waals surface area contributed by atoms with Crippen LogP contribution in [0.25, 0.3) is 0 Å². The van der Waals surface area contributed by atoms with Gasteiger partial charge >= 0.3 is 0 Å². The average Bonchev–Trinajstić information content (AvgIpc) is 3.09. The van der Waals surface area contributed by atoms with Crippen LogP contribution >= 0.6 is 0 Å². The molecule has 1 aromatic carbocycles. The lowest BCUT2D eigenvalue weighted by Crippen LogP contribution is -2.43. The first-order chi connectivity index (χ1) is 11.6. The number of rotatable bonds is 4. The van der Waals surface area contributed by atoms with Crippen LogP contribution in [0.4, 0.5) is 5.69 Å². The van der Waals surface area contributed by atoms with Gasteiger partial charge in [-0.05, 0) is 63.8 Å². The van der Waals surface area contributed by atoms with Crippen LogP contribution in [0.15, 0.2) is 24.3 Å². The molecule has 0 atom stereocenters. The summed E-state index contributed by atoms with van der Waals surface area (Å²) in [7, 11) is 0. The number of amides is 1. The van der Waals surface area contributed by atoms with Crippen LogP contribution in [-0.2, 0) is 0 Å². The maximum absolute atomic E-state index is 13.0. The lowest BCUT2D eigenvalue weighted by Gasteiger charge is -2.33.